The average Bonchev–Trinajstić information content (AvgIpc) is 2.89. The maximum absolute atomic E-state index is 10.6. The molecule has 1 aromatic heterocycles. The highest BCUT2D eigenvalue weighted by molar-refractivity contribution is 7.98. The summed E-state index contributed by atoms with van der Waals surface area (Å²) < 4.78 is 0. The zero-order chi connectivity index (χ0) is 15.0. The molecule has 3 rings (SSSR count). The van der Waals surface area contributed by atoms with Gasteiger partial charge in [0.1, 0.15) is 6.10 Å². The first-order chi connectivity index (χ1) is 9.95. The first-order valence-electron chi connectivity index (χ1n) is 7.43. The molecule has 0 saturated carbocycles. The monoisotopic (exact) mass is 318 g/mol. The van der Waals surface area contributed by atoms with E-state index in [1.54, 1.807) is 11.3 Å². The van der Waals surface area contributed by atoms with Gasteiger partial charge in [0.2, 0.25) is 0 Å². The zero-order valence-corrected chi connectivity index (χ0v) is 14.5. The molecule has 1 atom stereocenters. The molecule has 1 aliphatic rings. The van der Waals surface area contributed by atoms with Gasteiger partial charge >= 0.3 is 0 Å². The third-order valence-electron chi connectivity index (χ3n) is 4.01. The predicted octanol–water partition coefficient (Wildman–Crippen LogP) is 4.92. The van der Waals surface area contributed by atoms with Gasteiger partial charge in [-0.05, 0) is 40.3 Å². The number of aryl methyl sites for hydroxylation is 1. The molecule has 1 aliphatic heterocycles. The van der Waals surface area contributed by atoms with Crippen molar-refractivity contribution in [3.05, 3.63) is 56.8 Å². The van der Waals surface area contributed by atoms with Crippen LogP contribution in [0, 0.1) is 0 Å². The lowest BCUT2D eigenvalue weighted by molar-refractivity contribution is 0.224. The van der Waals surface area contributed by atoms with E-state index in [0.717, 1.165) is 22.6 Å². The van der Waals surface area contributed by atoms with E-state index in [0.29, 0.717) is 0 Å². The molecule has 0 bridgehead atoms. The summed E-state index contributed by atoms with van der Waals surface area (Å²) in [5.41, 5.74) is 3.88. The van der Waals surface area contributed by atoms with Crippen LogP contribution in [0.2, 0.25) is 0 Å². The second kappa shape index (κ2) is 5.79. The summed E-state index contributed by atoms with van der Waals surface area (Å²) in [5, 5.41) is 10.6. The van der Waals surface area contributed by atoms with E-state index in [-0.39, 0.29) is 5.41 Å². The van der Waals surface area contributed by atoms with Crippen molar-refractivity contribution < 1.29 is 5.11 Å². The first kappa shape index (κ1) is 15.1. The van der Waals surface area contributed by atoms with Gasteiger partial charge in [0, 0.05) is 15.5 Å². The third kappa shape index (κ3) is 3.20. The predicted molar refractivity (Wildman–Crippen MR) is 93.4 cm³/mol. The van der Waals surface area contributed by atoms with Gasteiger partial charge in [-0.1, -0.05) is 45.0 Å². The van der Waals surface area contributed by atoms with Gasteiger partial charge in [0.15, 0.2) is 0 Å². The number of hydrogen-bond acceptors (Lipinski definition) is 3. The van der Waals surface area contributed by atoms with Crippen LogP contribution >= 0.6 is 23.1 Å². The van der Waals surface area contributed by atoms with Gasteiger partial charge in [0.05, 0.1) is 0 Å². The number of hydrogen-bond donors (Lipinski definition) is 1. The van der Waals surface area contributed by atoms with Crippen LogP contribution in [0.5, 0.6) is 0 Å². The second-order valence-electron chi connectivity index (χ2n) is 6.67. The Hall–Kier alpha value is -0.770. The van der Waals surface area contributed by atoms with Crippen LogP contribution in [0.25, 0.3) is 0 Å². The van der Waals surface area contributed by atoms with Crippen LogP contribution < -0.4 is 0 Å². The third-order valence-corrected chi connectivity index (χ3v) is 6.31. The lowest BCUT2D eigenvalue weighted by Gasteiger charge is -2.19. The molecule has 21 heavy (non-hydrogen) atoms. The van der Waals surface area contributed by atoms with Crippen LogP contribution in [-0.2, 0) is 17.6 Å². The molecule has 0 radical (unpaired) electrons. The Balaban J connectivity index is 1.84. The lowest BCUT2D eigenvalue weighted by atomic mass is 9.86. The highest BCUT2D eigenvalue weighted by Crippen LogP contribution is 2.36. The molecule has 2 heterocycles. The average molecular weight is 319 g/mol. The van der Waals surface area contributed by atoms with Crippen molar-refractivity contribution in [3.63, 3.8) is 0 Å². The highest BCUT2D eigenvalue weighted by Gasteiger charge is 2.20. The van der Waals surface area contributed by atoms with Crippen LogP contribution in [-0.4, -0.2) is 10.9 Å². The molecule has 1 aromatic carbocycles. The number of thioether (sulfide) groups is 1. The Morgan fingerprint density at radius 2 is 1.86 bits per heavy atom. The Morgan fingerprint density at radius 3 is 2.48 bits per heavy atom. The molecule has 112 valence electrons. The minimum atomic E-state index is -0.486. The summed E-state index contributed by atoms with van der Waals surface area (Å²) in [6, 6.07) is 10.6. The van der Waals surface area contributed by atoms with Gasteiger partial charge in [0.25, 0.3) is 0 Å². The minimum Gasteiger partial charge on any atom is -0.383 e. The largest absolute Gasteiger partial charge is 0.383 e. The maximum atomic E-state index is 10.6. The number of aliphatic hydroxyl groups is 1. The molecule has 1 nitrogen and oxygen atoms in total. The Labute approximate surface area is 135 Å². The van der Waals surface area contributed by atoms with Gasteiger partial charge in [-0.2, -0.15) is 11.8 Å². The molecular weight excluding hydrogens is 296 g/mol. The summed E-state index contributed by atoms with van der Waals surface area (Å²) in [6.45, 7) is 6.64. The van der Waals surface area contributed by atoms with E-state index in [1.165, 1.54) is 21.8 Å². The van der Waals surface area contributed by atoms with Crippen molar-refractivity contribution in [1.29, 1.82) is 0 Å². The van der Waals surface area contributed by atoms with Crippen LogP contribution in [0.15, 0.2) is 30.3 Å². The van der Waals surface area contributed by atoms with E-state index in [2.05, 4.69) is 51.1 Å². The molecule has 0 spiro atoms. The molecule has 1 N–H and O–H groups in total. The van der Waals surface area contributed by atoms with Crippen molar-refractivity contribution >= 4 is 23.1 Å². The molecule has 0 saturated heterocycles. The topological polar surface area (TPSA) is 20.2 Å². The number of thiophene rings is 1. The van der Waals surface area contributed by atoms with E-state index in [4.69, 9.17) is 0 Å². The summed E-state index contributed by atoms with van der Waals surface area (Å²) in [5.74, 6) is 2.31. The van der Waals surface area contributed by atoms with Gasteiger partial charge < -0.3 is 5.11 Å². The Morgan fingerprint density at radius 1 is 1.14 bits per heavy atom. The molecule has 2 aromatic rings. The molecule has 1 unspecified atom stereocenters. The summed E-state index contributed by atoms with van der Waals surface area (Å²) in [4.78, 5) is 2.56. The van der Waals surface area contributed by atoms with Gasteiger partial charge in [-0.25, -0.2) is 0 Å². The summed E-state index contributed by atoms with van der Waals surface area (Å²) >= 11 is 3.77. The fourth-order valence-corrected chi connectivity index (χ4v) is 5.03. The summed E-state index contributed by atoms with van der Waals surface area (Å²) in [7, 11) is 0. The molecule has 3 heteroatoms. The Bertz CT molecular complexity index is 596. The quantitative estimate of drug-likeness (QED) is 0.848. The molecular formula is C18H22OS2. The fraction of sp³-hybridized carbons (Fsp3) is 0.444. The van der Waals surface area contributed by atoms with Crippen molar-refractivity contribution in [1.82, 2.24) is 0 Å². The minimum absolute atomic E-state index is 0.155. The van der Waals surface area contributed by atoms with E-state index >= 15 is 0 Å². The first-order valence-corrected chi connectivity index (χ1v) is 9.40. The van der Waals surface area contributed by atoms with E-state index in [1.807, 2.05) is 11.8 Å². The number of benzene rings is 1. The number of fused-ring (bicyclic) bond motifs is 1. The molecule has 0 amide bonds. The fourth-order valence-electron chi connectivity index (χ4n) is 2.63. The molecule has 0 fully saturated rings. The van der Waals surface area contributed by atoms with E-state index < -0.39 is 6.10 Å². The lowest BCUT2D eigenvalue weighted by Crippen LogP contribution is -2.11. The van der Waals surface area contributed by atoms with Crippen molar-refractivity contribution in [2.75, 3.05) is 5.75 Å². The van der Waals surface area contributed by atoms with Crippen molar-refractivity contribution in [2.45, 2.75) is 44.5 Å². The molecule has 0 aliphatic carbocycles. The summed E-state index contributed by atoms with van der Waals surface area (Å²) in [6.07, 6.45) is 0.667. The SMILES string of the molecule is CC(C)(C)c1ccc(C(O)c2cc3c(s2)CCSC3)cc1. The smallest absolute Gasteiger partial charge is 0.113 e. The maximum Gasteiger partial charge on any atom is 0.113 e. The van der Waals surface area contributed by atoms with Crippen LogP contribution in [0.3, 0.4) is 0 Å². The number of rotatable bonds is 2. The van der Waals surface area contributed by atoms with Gasteiger partial charge in [-0.3, -0.25) is 0 Å². The second-order valence-corrected chi connectivity index (χ2v) is 8.95. The van der Waals surface area contributed by atoms with Crippen molar-refractivity contribution in [2.24, 2.45) is 0 Å². The van der Waals surface area contributed by atoms with E-state index in [9.17, 15) is 5.11 Å². The standard InChI is InChI=1S/C18H22OS2/c1-18(2,3)14-6-4-12(5-7-14)17(19)16-10-13-11-20-9-8-15(13)21-16/h4-7,10,17,19H,8-9,11H2,1-3H3. The van der Waals surface area contributed by atoms with Crippen LogP contribution in [0.4, 0.5) is 0 Å². The number of aliphatic hydroxyl groups excluding tert-OH is 1. The van der Waals surface area contributed by atoms with Crippen LogP contribution in [0.1, 0.15) is 53.3 Å². The Kier molecular flexibility index (Phi) is 4.17. The highest BCUT2D eigenvalue weighted by atomic mass is 32.2. The van der Waals surface area contributed by atoms with Crippen molar-refractivity contribution in [3.8, 4) is 0 Å². The zero-order valence-electron chi connectivity index (χ0n) is 12.8. The normalized spacial score (nSPS) is 16.6. The van der Waals surface area contributed by atoms with Gasteiger partial charge in [-0.15, -0.1) is 11.3 Å².